The van der Waals surface area contributed by atoms with Gasteiger partial charge in [-0.25, -0.2) is 4.98 Å². The standard InChI is InChI=1S/C32H43N7O3/c1-6-28(40)37-13-15-38(16-14-37)32(5,22-36-17-19-42-20-18-36)27-10-7-25(8-11-27)24(4)34-31-33-21-26-9-12-29(41)39(23(2)3)30(26)35-31/h6-12,21,23-24H,1,13-20,22H2,2-5H3,(H,33,34,35)/t24-,32-/m0/s1. The number of piperazine rings is 1. The average Bonchev–Trinajstić information content (AvgIpc) is 3.01. The van der Waals surface area contributed by atoms with Crippen LogP contribution in [0.2, 0.25) is 0 Å². The van der Waals surface area contributed by atoms with Gasteiger partial charge in [0.25, 0.3) is 5.56 Å². The predicted molar refractivity (Wildman–Crippen MR) is 166 cm³/mol. The van der Waals surface area contributed by atoms with Crippen molar-refractivity contribution < 1.29 is 9.53 Å². The summed E-state index contributed by atoms with van der Waals surface area (Å²) in [6.45, 7) is 19.3. The lowest BCUT2D eigenvalue weighted by atomic mass is 9.87. The molecule has 0 aliphatic carbocycles. The van der Waals surface area contributed by atoms with Crippen LogP contribution in [0.3, 0.4) is 0 Å². The van der Waals surface area contributed by atoms with Crippen LogP contribution in [0.4, 0.5) is 5.95 Å². The molecule has 2 aliphatic heterocycles. The van der Waals surface area contributed by atoms with Gasteiger partial charge in [-0.15, -0.1) is 0 Å². The van der Waals surface area contributed by atoms with E-state index < -0.39 is 0 Å². The van der Waals surface area contributed by atoms with Crippen molar-refractivity contribution >= 4 is 22.9 Å². The Morgan fingerprint density at radius 2 is 1.74 bits per heavy atom. The number of nitrogens with one attached hydrogen (secondary N) is 1. The highest BCUT2D eigenvalue weighted by Gasteiger charge is 2.38. The summed E-state index contributed by atoms with van der Waals surface area (Å²) >= 11 is 0. The Hall–Kier alpha value is -3.60. The van der Waals surface area contributed by atoms with Gasteiger partial charge in [0.1, 0.15) is 5.65 Å². The normalized spacial score (nSPS) is 19.0. The van der Waals surface area contributed by atoms with Crippen molar-refractivity contribution in [1.29, 1.82) is 0 Å². The number of nitrogens with zero attached hydrogens (tertiary/aromatic N) is 6. The van der Waals surface area contributed by atoms with Gasteiger partial charge in [0.2, 0.25) is 11.9 Å². The molecule has 0 spiro atoms. The molecular formula is C32H43N7O3. The molecular weight excluding hydrogens is 530 g/mol. The third-order valence-electron chi connectivity index (χ3n) is 8.66. The van der Waals surface area contributed by atoms with Crippen LogP contribution in [-0.4, -0.2) is 94.2 Å². The molecule has 2 fully saturated rings. The zero-order chi connectivity index (χ0) is 29.9. The molecule has 1 amide bonds. The molecule has 10 heteroatoms. The number of morpholine rings is 1. The minimum absolute atomic E-state index is 0.00161. The Bertz CT molecular complexity index is 1460. The molecule has 42 heavy (non-hydrogen) atoms. The maximum absolute atomic E-state index is 12.5. The van der Waals surface area contributed by atoms with E-state index in [0.29, 0.717) is 24.7 Å². The van der Waals surface area contributed by atoms with Gasteiger partial charge in [-0.1, -0.05) is 30.8 Å². The summed E-state index contributed by atoms with van der Waals surface area (Å²) in [5.41, 5.74) is 2.70. The van der Waals surface area contributed by atoms with Gasteiger partial charge in [0.05, 0.1) is 24.8 Å². The maximum atomic E-state index is 12.5. The number of hydrogen-bond donors (Lipinski definition) is 1. The summed E-state index contributed by atoms with van der Waals surface area (Å²) in [6, 6.07) is 12.1. The molecule has 0 unspecified atom stereocenters. The Kier molecular flexibility index (Phi) is 9.05. The molecule has 2 atom stereocenters. The second-order valence-corrected chi connectivity index (χ2v) is 11.8. The summed E-state index contributed by atoms with van der Waals surface area (Å²) in [4.78, 5) is 40.8. The summed E-state index contributed by atoms with van der Waals surface area (Å²) in [6.07, 6.45) is 3.17. The molecule has 0 radical (unpaired) electrons. The first kappa shape index (κ1) is 29.9. The van der Waals surface area contributed by atoms with E-state index in [1.165, 1.54) is 11.6 Å². The van der Waals surface area contributed by atoms with E-state index in [4.69, 9.17) is 9.72 Å². The van der Waals surface area contributed by atoms with E-state index >= 15 is 0 Å². The maximum Gasteiger partial charge on any atom is 0.252 e. The first-order chi connectivity index (χ1) is 20.2. The van der Waals surface area contributed by atoms with Crippen molar-refractivity contribution in [3.63, 3.8) is 0 Å². The zero-order valence-electron chi connectivity index (χ0n) is 25.3. The minimum Gasteiger partial charge on any atom is -0.379 e. The molecule has 224 valence electrons. The first-order valence-electron chi connectivity index (χ1n) is 14.9. The van der Waals surface area contributed by atoms with Crippen molar-refractivity contribution in [3.05, 3.63) is 76.7 Å². The largest absolute Gasteiger partial charge is 0.379 e. The Balaban J connectivity index is 1.36. The van der Waals surface area contributed by atoms with Gasteiger partial charge in [-0.3, -0.25) is 24.0 Å². The third-order valence-corrected chi connectivity index (χ3v) is 8.66. The molecule has 10 nitrogen and oxygen atoms in total. The number of ether oxygens (including phenoxy) is 1. The fraction of sp³-hybridized carbons (Fsp3) is 0.500. The van der Waals surface area contributed by atoms with Crippen molar-refractivity contribution in [2.24, 2.45) is 0 Å². The number of fused-ring (bicyclic) bond motifs is 1. The van der Waals surface area contributed by atoms with Gasteiger partial charge in [0.15, 0.2) is 0 Å². The van der Waals surface area contributed by atoms with Crippen LogP contribution in [0.15, 0.2) is 60.0 Å². The highest BCUT2D eigenvalue weighted by atomic mass is 16.5. The quantitative estimate of drug-likeness (QED) is 0.389. The van der Waals surface area contributed by atoms with Crippen LogP contribution in [-0.2, 0) is 15.1 Å². The fourth-order valence-corrected chi connectivity index (χ4v) is 6.13. The second-order valence-electron chi connectivity index (χ2n) is 11.8. The number of benzene rings is 1. The lowest BCUT2D eigenvalue weighted by Gasteiger charge is -2.48. The third kappa shape index (κ3) is 6.25. The van der Waals surface area contributed by atoms with Crippen LogP contribution in [0.25, 0.3) is 11.0 Å². The Morgan fingerprint density at radius 3 is 2.38 bits per heavy atom. The second kappa shape index (κ2) is 12.7. The number of amides is 1. The molecule has 0 saturated carbocycles. The Morgan fingerprint density at radius 1 is 1.05 bits per heavy atom. The van der Waals surface area contributed by atoms with E-state index in [2.05, 4.69) is 64.8 Å². The van der Waals surface area contributed by atoms with Crippen molar-refractivity contribution in [2.75, 3.05) is 64.3 Å². The highest BCUT2D eigenvalue weighted by Crippen LogP contribution is 2.32. The van der Waals surface area contributed by atoms with Crippen molar-refractivity contribution in [3.8, 4) is 0 Å². The predicted octanol–water partition coefficient (Wildman–Crippen LogP) is 3.42. The monoisotopic (exact) mass is 573 g/mol. The molecule has 5 rings (SSSR count). The smallest absolute Gasteiger partial charge is 0.252 e. The van der Waals surface area contributed by atoms with E-state index in [9.17, 15) is 9.59 Å². The molecule has 4 heterocycles. The van der Waals surface area contributed by atoms with Crippen molar-refractivity contribution in [2.45, 2.75) is 45.3 Å². The van der Waals surface area contributed by atoms with Crippen molar-refractivity contribution in [1.82, 2.24) is 29.2 Å². The number of carbonyl (C=O) groups is 1. The van der Waals surface area contributed by atoms with Crippen LogP contribution in [0, 0.1) is 0 Å². The zero-order valence-corrected chi connectivity index (χ0v) is 25.3. The molecule has 1 N–H and O–H groups in total. The minimum atomic E-state index is -0.224. The Labute approximate surface area is 248 Å². The highest BCUT2D eigenvalue weighted by molar-refractivity contribution is 5.87. The van der Waals surface area contributed by atoms with E-state index in [0.717, 1.165) is 56.9 Å². The number of hydrogen-bond acceptors (Lipinski definition) is 8. The van der Waals surface area contributed by atoms with E-state index in [1.807, 2.05) is 18.7 Å². The number of pyridine rings is 1. The first-order valence-corrected chi connectivity index (χ1v) is 14.9. The van der Waals surface area contributed by atoms with E-state index in [-0.39, 0.29) is 29.1 Å². The van der Waals surface area contributed by atoms with Crippen LogP contribution >= 0.6 is 0 Å². The topological polar surface area (TPSA) is 95.8 Å². The number of aromatic nitrogens is 3. The fourth-order valence-electron chi connectivity index (χ4n) is 6.13. The van der Waals surface area contributed by atoms with Crippen LogP contribution < -0.4 is 10.9 Å². The van der Waals surface area contributed by atoms with Gasteiger partial charge in [0, 0.05) is 69.5 Å². The van der Waals surface area contributed by atoms with Gasteiger partial charge < -0.3 is 15.0 Å². The summed E-state index contributed by atoms with van der Waals surface area (Å²) < 4.78 is 7.31. The molecule has 2 aromatic heterocycles. The molecule has 1 aromatic carbocycles. The average molecular weight is 574 g/mol. The number of carbonyl (C=O) groups excluding carboxylic acids is 1. The SMILES string of the molecule is C=CC(=O)N1CCN([C@@](C)(CN2CCOCC2)c2ccc([C@H](C)Nc3ncc4ccc(=O)n(C(C)C)c4n3)cc2)CC1. The van der Waals surface area contributed by atoms with E-state index in [1.54, 1.807) is 22.9 Å². The van der Waals surface area contributed by atoms with Crippen LogP contribution in [0.5, 0.6) is 0 Å². The van der Waals surface area contributed by atoms with Gasteiger partial charge in [-0.05, 0) is 51.0 Å². The summed E-state index contributed by atoms with van der Waals surface area (Å²) in [7, 11) is 0. The number of anilines is 1. The molecule has 0 bridgehead atoms. The van der Waals surface area contributed by atoms with Crippen LogP contribution in [0.1, 0.15) is 50.9 Å². The van der Waals surface area contributed by atoms with Gasteiger partial charge in [-0.2, -0.15) is 4.98 Å². The summed E-state index contributed by atoms with van der Waals surface area (Å²) in [5.74, 6) is 0.487. The molecule has 2 aliphatic rings. The lowest BCUT2D eigenvalue weighted by molar-refractivity contribution is -0.129. The van der Waals surface area contributed by atoms with Gasteiger partial charge >= 0.3 is 0 Å². The molecule has 2 saturated heterocycles. The molecule has 3 aromatic rings. The summed E-state index contributed by atoms with van der Waals surface area (Å²) in [5, 5.41) is 4.26. The number of rotatable bonds is 9. The lowest BCUT2D eigenvalue weighted by Crippen LogP contribution is -2.59.